The first-order chi connectivity index (χ1) is 9.61. The molecule has 0 amide bonds. The van der Waals surface area contributed by atoms with E-state index in [-0.39, 0.29) is 11.6 Å². The van der Waals surface area contributed by atoms with E-state index >= 15 is 0 Å². The number of nitrogen functional groups attached to an aromatic ring is 1. The topological polar surface area (TPSA) is 69.1 Å². The Kier molecular flexibility index (Phi) is 3.23. The molecule has 0 aliphatic heterocycles. The Bertz CT molecular complexity index is 783. The number of nitrogens with two attached hydrogens (primary N) is 1. The lowest BCUT2D eigenvalue weighted by molar-refractivity contribution is 0.552. The van der Waals surface area contributed by atoms with E-state index in [1.165, 1.54) is 24.3 Å². The highest BCUT2D eigenvalue weighted by atomic mass is 32.2. The Morgan fingerprint density at radius 3 is 2.70 bits per heavy atom. The summed E-state index contributed by atoms with van der Waals surface area (Å²) in [5, 5.41) is 0. The molecule has 0 saturated heterocycles. The monoisotopic (exact) mass is 290 g/mol. The van der Waals surface area contributed by atoms with Crippen LogP contribution in [-0.2, 0) is 16.6 Å². The van der Waals surface area contributed by atoms with E-state index < -0.39 is 10.8 Å². The lowest BCUT2D eigenvalue weighted by atomic mass is 10.3. The van der Waals surface area contributed by atoms with Crippen LogP contribution in [0.4, 0.5) is 10.1 Å². The molecule has 2 aromatic carbocycles. The predicted molar refractivity (Wildman–Crippen MR) is 74.9 cm³/mol. The van der Waals surface area contributed by atoms with Gasteiger partial charge in [0.2, 0.25) is 5.89 Å². The fraction of sp³-hybridized carbons (Fsp3) is 0.0714. The molecule has 3 rings (SSSR count). The molecular formula is C14H11FN2O2S. The molecule has 3 aromatic rings. The lowest BCUT2D eigenvalue weighted by Crippen LogP contribution is -1.96. The number of fused-ring (bicyclic) bond motifs is 1. The summed E-state index contributed by atoms with van der Waals surface area (Å²) in [5.41, 5.74) is 7.48. The van der Waals surface area contributed by atoms with Gasteiger partial charge in [-0.05, 0) is 36.4 Å². The van der Waals surface area contributed by atoms with Crippen molar-refractivity contribution in [3.8, 4) is 0 Å². The number of nitrogens with zero attached hydrogens (tertiary/aromatic N) is 1. The number of hydrogen-bond acceptors (Lipinski definition) is 4. The third-order valence-electron chi connectivity index (χ3n) is 2.79. The molecule has 0 bridgehead atoms. The maximum atomic E-state index is 12.8. The summed E-state index contributed by atoms with van der Waals surface area (Å²) in [6.45, 7) is 0. The van der Waals surface area contributed by atoms with Crippen molar-refractivity contribution in [1.29, 1.82) is 0 Å². The number of oxazole rings is 1. The minimum Gasteiger partial charge on any atom is -0.440 e. The van der Waals surface area contributed by atoms with E-state index in [1.54, 1.807) is 18.2 Å². The molecule has 1 heterocycles. The molecule has 0 spiro atoms. The van der Waals surface area contributed by atoms with Crippen LogP contribution in [0.2, 0.25) is 0 Å². The minimum absolute atomic E-state index is 0.139. The summed E-state index contributed by atoms with van der Waals surface area (Å²) in [4.78, 5) is 4.78. The summed E-state index contributed by atoms with van der Waals surface area (Å²) in [5.74, 6) is 0.150. The Balaban J connectivity index is 1.85. The first kappa shape index (κ1) is 12.8. The van der Waals surface area contributed by atoms with Crippen LogP contribution in [0.3, 0.4) is 0 Å². The van der Waals surface area contributed by atoms with Crippen LogP contribution in [0, 0.1) is 5.82 Å². The second-order valence-corrected chi connectivity index (χ2v) is 5.73. The Hall–Kier alpha value is -2.21. The number of rotatable bonds is 3. The average Bonchev–Trinajstić information content (AvgIpc) is 2.80. The van der Waals surface area contributed by atoms with E-state index in [1.807, 2.05) is 0 Å². The summed E-state index contributed by atoms with van der Waals surface area (Å²) in [6.07, 6.45) is 0. The van der Waals surface area contributed by atoms with Crippen LogP contribution >= 0.6 is 0 Å². The van der Waals surface area contributed by atoms with Gasteiger partial charge in [0.15, 0.2) is 5.58 Å². The molecule has 1 atom stereocenters. The second-order valence-electron chi connectivity index (χ2n) is 4.28. The lowest BCUT2D eigenvalue weighted by Gasteiger charge is -1.98. The summed E-state index contributed by atoms with van der Waals surface area (Å²) < 4.78 is 30.5. The molecule has 1 unspecified atom stereocenters. The smallest absolute Gasteiger partial charge is 0.208 e. The normalized spacial score (nSPS) is 12.7. The molecule has 2 N–H and O–H groups in total. The van der Waals surface area contributed by atoms with Crippen LogP contribution in [0.15, 0.2) is 51.8 Å². The zero-order valence-corrected chi connectivity index (χ0v) is 11.2. The van der Waals surface area contributed by atoms with E-state index in [9.17, 15) is 8.60 Å². The van der Waals surface area contributed by atoms with E-state index in [4.69, 9.17) is 10.2 Å². The van der Waals surface area contributed by atoms with Crippen molar-refractivity contribution in [3.05, 3.63) is 54.2 Å². The van der Waals surface area contributed by atoms with E-state index in [0.29, 0.717) is 27.6 Å². The van der Waals surface area contributed by atoms with Gasteiger partial charge < -0.3 is 10.2 Å². The molecule has 0 fully saturated rings. The van der Waals surface area contributed by atoms with Crippen molar-refractivity contribution in [1.82, 2.24) is 4.98 Å². The van der Waals surface area contributed by atoms with Crippen molar-refractivity contribution in [2.45, 2.75) is 10.6 Å². The summed E-state index contributed by atoms with van der Waals surface area (Å²) in [7, 11) is -1.33. The highest BCUT2D eigenvalue weighted by Gasteiger charge is 2.11. The van der Waals surface area contributed by atoms with Gasteiger partial charge in [-0.25, -0.2) is 9.37 Å². The average molecular weight is 290 g/mol. The maximum Gasteiger partial charge on any atom is 0.208 e. The largest absolute Gasteiger partial charge is 0.440 e. The molecule has 6 heteroatoms. The maximum absolute atomic E-state index is 12.8. The van der Waals surface area contributed by atoms with Gasteiger partial charge in [-0.2, -0.15) is 0 Å². The fourth-order valence-corrected chi connectivity index (χ4v) is 2.79. The zero-order chi connectivity index (χ0) is 14.1. The van der Waals surface area contributed by atoms with E-state index in [0.717, 1.165) is 0 Å². The highest BCUT2D eigenvalue weighted by molar-refractivity contribution is 7.84. The van der Waals surface area contributed by atoms with Crippen LogP contribution in [-0.4, -0.2) is 9.19 Å². The Morgan fingerprint density at radius 1 is 1.20 bits per heavy atom. The van der Waals surface area contributed by atoms with Gasteiger partial charge in [0.1, 0.15) is 17.1 Å². The SMILES string of the molecule is Nc1ccc2nc(CS(=O)c3ccc(F)cc3)oc2c1. The van der Waals surface area contributed by atoms with Crippen molar-refractivity contribution in [2.24, 2.45) is 0 Å². The van der Waals surface area contributed by atoms with Gasteiger partial charge in [-0.3, -0.25) is 4.21 Å². The molecule has 1 aromatic heterocycles. The van der Waals surface area contributed by atoms with Crippen LogP contribution in [0.1, 0.15) is 5.89 Å². The molecule has 0 saturated carbocycles. The summed E-state index contributed by atoms with van der Waals surface area (Å²) >= 11 is 0. The molecule has 0 aliphatic rings. The Morgan fingerprint density at radius 2 is 1.95 bits per heavy atom. The first-order valence-electron chi connectivity index (χ1n) is 5.91. The summed E-state index contributed by atoms with van der Waals surface area (Å²) in [6, 6.07) is 10.7. The number of hydrogen-bond donors (Lipinski definition) is 1. The quantitative estimate of drug-likeness (QED) is 0.753. The highest BCUT2D eigenvalue weighted by Crippen LogP contribution is 2.20. The third kappa shape index (κ3) is 2.55. The molecular weight excluding hydrogens is 279 g/mol. The minimum atomic E-state index is -1.33. The number of halogens is 1. The van der Waals surface area contributed by atoms with Crippen LogP contribution < -0.4 is 5.73 Å². The van der Waals surface area contributed by atoms with Gasteiger partial charge in [0.25, 0.3) is 0 Å². The fourth-order valence-electron chi connectivity index (χ4n) is 1.83. The predicted octanol–water partition coefficient (Wildman–Crippen LogP) is 2.86. The van der Waals surface area contributed by atoms with Gasteiger partial charge in [-0.15, -0.1) is 0 Å². The van der Waals surface area contributed by atoms with Gasteiger partial charge in [0, 0.05) is 16.6 Å². The number of aromatic nitrogens is 1. The van der Waals surface area contributed by atoms with E-state index in [2.05, 4.69) is 4.98 Å². The molecule has 0 radical (unpaired) electrons. The van der Waals surface area contributed by atoms with Crippen LogP contribution in [0.25, 0.3) is 11.1 Å². The first-order valence-corrected chi connectivity index (χ1v) is 7.22. The molecule has 0 aliphatic carbocycles. The molecule has 102 valence electrons. The van der Waals surface area contributed by atoms with Crippen molar-refractivity contribution >= 4 is 27.6 Å². The van der Waals surface area contributed by atoms with Gasteiger partial charge >= 0.3 is 0 Å². The number of anilines is 1. The standard InChI is InChI=1S/C14H11FN2O2S/c15-9-1-4-11(5-2-9)20(18)8-14-17-12-6-3-10(16)7-13(12)19-14/h1-7H,8,16H2. The van der Waals surface area contributed by atoms with Crippen LogP contribution in [0.5, 0.6) is 0 Å². The van der Waals surface area contributed by atoms with Gasteiger partial charge in [0.05, 0.1) is 10.8 Å². The second kappa shape index (κ2) is 5.05. The molecule has 4 nitrogen and oxygen atoms in total. The van der Waals surface area contributed by atoms with Crippen molar-refractivity contribution < 1.29 is 13.0 Å². The Labute approximate surface area is 116 Å². The van der Waals surface area contributed by atoms with Crippen molar-refractivity contribution in [3.63, 3.8) is 0 Å². The third-order valence-corrected chi connectivity index (χ3v) is 4.09. The van der Waals surface area contributed by atoms with Gasteiger partial charge in [-0.1, -0.05) is 0 Å². The molecule has 20 heavy (non-hydrogen) atoms. The number of benzene rings is 2. The van der Waals surface area contributed by atoms with Crippen molar-refractivity contribution in [2.75, 3.05) is 5.73 Å². The zero-order valence-electron chi connectivity index (χ0n) is 10.4.